The number of aryl methyl sites for hydroxylation is 1. The molecule has 2 fully saturated rings. The van der Waals surface area contributed by atoms with Gasteiger partial charge in [-0.15, -0.1) is 0 Å². The fourth-order valence-corrected chi connectivity index (χ4v) is 2.94. The van der Waals surface area contributed by atoms with Crippen molar-refractivity contribution in [2.75, 3.05) is 26.2 Å². The van der Waals surface area contributed by atoms with E-state index in [1.54, 1.807) is 0 Å². The Bertz CT molecular complexity index is 383. The maximum Gasteiger partial charge on any atom is 0.109 e. The Morgan fingerprint density at radius 3 is 3.00 bits per heavy atom. The zero-order valence-electron chi connectivity index (χ0n) is 11.3. The average molecular weight is 248 g/mol. The minimum Gasteiger partial charge on any atom is -0.338 e. The second-order valence-electron chi connectivity index (χ2n) is 5.79. The van der Waals surface area contributed by atoms with E-state index in [1.165, 1.54) is 44.7 Å². The predicted molar refractivity (Wildman–Crippen MR) is 72.5 cm³/mol. The molecule has 0 bridgehead atoms. The molecule has 1 atom stereocenters. The fraction of sp³-hybridized carbons (Fsp3) is 0.786. The highest BCUT2D eigenvalue weighted by Crippen LogP contribution is 2.31. The fourth-order valence-electron chi connectivity index (χ4n) is 2.94. The standard InChI is InChI=1S/C14H24N4/c1-17-9-7-16-14(17)4-6-15-10-12-5-8-18(11-12)13-2-3-13/h7,9,12-13,15H,2-6,8,10-11H2,1H3. The van der Waals surface area contributed by atoms with E-state index in [0.717, 1.165) is 24.9 Å². The first-order valence-corrected chi connectivity index (χ1v) is 7.24. The van der Waals surface area contributed by atoms with Crippen LogP contribution in [-0.4, -0.2) is 46.7 Å². The lowest BCUT2D eigenvalue weighted by Crippen LogP contribution is -2.29. The predicted octanol–water partition coefficient (Wildman–Crippen LogP) is 1.04. The van der Waals surface area contributed by atoms with Crippen molar-refractivity contribution in [3.05, 3.63) is 18.2 Å². The number of nitrogens with zero attached hydrogens (tertiary/aromatic N) is 3. The third-order valence-electron chi connectivity index (χ3n) is 4.26. The Morgan fingerprint density at radius 2 is 2.28 bits per heavy atom. The van der Waals surface area contributed by atoms with Gasteiger partial charge in [0.25, 0.3) is 0 Å². The molecule has 4 nitrogen and oxygen atoms in total. The van der Waals surface area contributed by atoms with Crippen molar-refractivity contribution in [1.29, 1.82) is 0 Å². The molecule has 1 aliphatic heterocycles. The normalized spacial score (nSPS) is 24.8. The van der Waals surface area contributed by atoms with Gasteiger partial charge in [-0.05, 0) is 38.3 Å². The summed E-state index contributed by atoms with van der Waals surface area (Å²) in [6.45, 7) is 4.87. The molecule has 1 saturated carbocycles. The van der Waals surface area contributed by atoms with Crippen LogP contribution in [0.5, 0.6) is 0 Å². The molecule has 1 aromatic rings. The highest BCUT2D eigenvalue weighted by atomic mass is 15.2. The smallest absolute Gasteiger partial charge is 0.109 e. The molecule has 0 radical (unpaired) electrons. The largest absolute Gasteiger partial charge is 0.338 e. The minimum absolute atomic E-state index is 0.868. The molecule has 0 aromatic carbocycles. The number of nitrogens with one attached hydrogen (secondary N) is 1. The summed E-state index contributed by atoms with van der Waals surface area (Å²) in [5.41, 5.74) is 0. The van der Waals surface area contributed by atoms with Crippen LogP contribution in [0.1, 0.15) is 25.1 Å². The van der Waals surface area contributed by atoms with Crippen molar-refractivity contribution in [2.24, 2.45) is 13.0 Å². The lowest BCUT2D eigenvalue weighted by molar-refractivity contribution is 0.312. The average Bonchev–Trinajstić information content (AvgIpc) is 2.98. The van der Waals surface area contributed by atoms with E-state index in [1.807, 2.05) is 12.4 Å². The zero-order valence-corrected chi connectivity index (χ0v) is 11.3. The lowest BCUT2D eigenvalue weighted by atomic mass is 10.1. The number of imidazole rings is 1. The summed E-state index contributed by atoms with van der Waals surface area (Å²) in [6, 6.07) is 0.947. The van der Waals surface area contributed by atoms with Crippen molar-refractivity contribution < 1.29 is 0 Å². The molecule has 0 spiro atoms. The third kappa shape index (κ3) is 2.93. The highest BCUT2D eigenvalue weighted by molar-refractivity contribution is 4.92. The molecule has 1 saturated heterocycles. The summed E-state index contributed by atoms with van der Waals surface area (Å²) in [7, 11) is 2.06. The second-order valence-corrected chi connectivity index (χ2v) is 5.79. The first-order chi connectivity index (χ1) is 8.83. The van der Waals surface area contributed by atoms with Gasteiger partial charge in [-0.25, -0.2) is 4.98 Å². The monoisotopic (exact) mass is 248 g/mol. The first-order valence-electron chi connectivity index (χ1n) is 7.24. The molecule has 3 rings (SSSR count). The van der Waals surface area contributed by atoms with Gasteiger partial charge in [0, 0.05) is 45.0 Å². The van der Waals surface area contributed by atoms with Gasteiger partial charge in [0.2, 0.25) is 0 Å². The van der Waals surface area contributed by atoms with Crippen LogP contribution < -0.4 is 5.32 Å². The zero-order chi connectivity index (χ0) is 12.4. The minimum atomic E-state index is 0.868. The molecule has 2 aliphatic rings. The van der Waals surface area contributed by atoms with Crippen LogP contribution in [0.25, 0.3) is 0 Å². The summed E-state index contributed by atoms with van der Waals surface area (Å²) in [4.78, 5) is 7.03. The Balaban J connectivity index is 1.32. The molecule has 4 heteroatoms. The number of aromatic nitrogens is 2. The van der Waals surface area contributed by atoms with Crippen molar-refractivity contribution in [3.63, 3.8) is 0 Å². The van der Waals surface area contributed by atoms with Gasteiger partial charge in [0.1, 0.15) is 5.82 Å². The number of likely N-dealkylation sites (tertiary alicyclic amines) is 1. The number of hydrogen-bond acceptors (Lipinski definition) is 3. The summed E-state index contributed by atoms with van der Waals surface area (Å²) in [5.74, 6) is 2.04. The van der Waals surface area contributed by atoms with Crippen LogP contribution in [-0.2, 0) is 13.5 Å². The SMILES string of the molecule is Cn1ccnc1CCNCC1CCN(C2CC2)C1. The van der Waals surface area contributed by atoms with E-state index in [9.17, 15) is 0 Å². The Labute approximate surface area is 109 Å². The van der Waals surface area contributed by atoms with Crippen molar-refractivity contribution in [3.8, 4) is 0 Å². The number of rotatable bonds is 6. The van der Waals surface area contributed by atoms with Crippen LogP contribution >= 0.6 is 0 Å². The van der Waals surface area contributed by atoms with E-state index in [2.05, 4.69) is 26.8 Å². The molecule has 1 aromatic heterocycles. The molecular formula is C14H24N4. The maximum absolute atomic E-state index is 4.34. The molecule has 2 heterocycles. The quantitative estimate of drug-likeness (QED) is 0.764. The van der Waals surface area contributed by atoms with E-state index < -0.39 is 0 Å². The summed E-state index contributed by atoms with van der Waals surface area (Å²) in [5, 5.41) is 3.59. The first kappa shape index (κ1) is 12.2. The third-order valence-corrected chi connectivity index (χ3v) is 4.26. The maximum atomic E-state index is 4.34. The van der Waals surface area contributed by atoms with Crippen LogP contribution in [0.2, 0.25) is 0 Å². The van der Waals surface area contributed by atoms with Crippen LogP contribution in [0.3, 0.4) is 0 Å². The molecule has 1 N–H and O–H groups in total. The Kier molecular flexibility index (Phi) is 3.66. The summed E-state index contributed by atoms with van der Waals surface area (Å²) < 4.78 is 2.10. The molecule has 1 unspecified atom stereocenters. The van der Waals surface area contributed by atoms with E-state index in [0.29, 0.717) is 0 Å². The van der Waals surface area contributed by atoms with Gasteiger partial charge >= 0.3 is 0 Å². The molecule has 0 amide bonds. The van der Waals surface area contributed by atoms with Gasteiger partial charge in [0.05, 0.1) is 0 Å². The van der Waals surface area contributed by atoms with E-state index >= 15 is 0 Å². The molecule has 18 heavy (non-hydrogen) atoms. The Morgan fingerprint density at radius 1 is 1.39 bits per heavy atom. The lowest BCUT2D eigenvalue weighted by Gasteiger charge is -2.15. The van der Waals surface area contributed by atoms with Gasteiger partial charge < -0.3 is 14.8 Å². The van der Waals surface area contributed by atoms with Crippen molar-refractivity contribution in [2.45, 2.75) is 31.7 Å². The van der Waals surface area contributed by atoms with Crippen LogP contribution in [0.4, 0.5) is 0 Å². The molecule has 1 aliphatic carbocycles. The van der Waals surface area contributed by atoms with Gasteiger partial charge in [0.15, 0.2) is 0 Å². The van der Waals surface area contributed by atoms with Gasteiger partial charge in [-0.3, -0.25) is 0 Å². The van der Waals surface area contributed by atoms with Gasteiger partial charge in [-0.1, -0.05) is 0 Å². The number of hydrogen-bond donors (Lipinski definition) is 1. The van der Waals surface area contributed by atoms with Gasteiger partial charge in [-0.2, -0.15) is 0 Å². The topological polar surface area (TPSA) is 33.1 Å². The summed E-state index contributed by atoms with van der Waals surface area (Å²) in [6.07, 6.45) is 9.19. The van der Waals surface area contributed by atoms with Crippen LogP contribution in [0.15, 0.2) is 12.4 Å². The van der Waals surface area contributed by atoms with Crippen LogP contribution in [0, 0.1) is 5.92 Å². The Hall–Kier alpha value is -0.870. The van der Waals surface area contributed by atoms with Crippen molar-refractivity contribution >= 4 is 0 Å². The molecular weight excluding hydrogens is 224 g/mol. The van der Waals surface area contributed by atoms with E-state index in [-0.39, 0.29) is 0 Å². The van der Waals surface area contributed by atoms with E-state index in [4.69, 9.17) is 0 Å². The second kappa shape index (κ2) is 5.41. The highest BCUT2D eigenvalue weighted by Gasteiger charge is 2.33. The molecule has 100 valence electrons. The van der Waals surface area contributed by atoms with Crippen molar-refractivity contribution in [1.82, 2.24) is 19.8 Å². The summed E-state index contributed by atoms with van der Waals surface area (Å²) >= 11 is 0.